The van der Waals surface area contributed by atoms with Crippen molar-refractivity contribution >= 4 is 6.09 Å². The maximum absolute atomic E-state index is 12.0. The zero-order valence-electron chi connectivity index (χ0n) is 37.0. The second-order valence-corrected chi connectivity index (χ2v) is 17.7. The first-order valence-electron chi connectivity index (χ1n) is 22.1. The van der Waals surface area contributed by atoms with E-state index >= 15 is 0 Å². The van der Waals surface area contributed by atoms with Gasteiger partial charge in [-0.3, -0.25) is 31.5 Å². The van der Waals surface area contributed by atoms with Crippen LogP contribution in [0.5, 0.6) is 0 Å². The first-order chi connectivity index (χ1) is 29.4. The van der Waals surface area contributed by atoms with E-state index in [-0.39, 0.29) is 60.4 Å². The van der Waals surface area contributed by atoms with E-state index in [9.17, 15) is 20.1 Å². The van der Waals surface area contributed by atoms with Crippen LogP contribution < -0.4 is 31.9 Å². The molecule has 3 aromatic rings. The smallest absolute Gasteiger partial charge is 0.407 e. The third-order valence-electron chi connectivity index (χ3n) is 13.0. The summed E-state index contributed by atoms with van der Waals surface area (Å²) >= 11 is 0. The summed E-state index contributed by atoms with van der Waals surface area (Å²) in [7, 11) is 2.81. The zero-order valence-corrected chi connectivity index (χ0v) is 37.0. The minimum absolute atomic E-state index is 0.00613. The Labute approximate surface area is 362 Å². The number of nitrogens with zero attached hydrogens (tertiary/aromatic N) is 1. The molecule has 12 unspecified atom stereocenters. The summed E-state index contributed by atoms with van der Waals surface area (Å²) in [5, 5.41) is 54.4. The van der Waals surface area contributed by atoms with E-state index in [1.807, 2.05) is 65.0 Å². The molecule has 336 valence electrons. The summed E-state index contributed by atoms with van der Waals surface area (Å²) < 4.78 is 16.4. The van der Waals surface area contributed by atoms with Crippen LogP contribution in [-0.4, -0.2) is 115 Å². The number of ether oxygens (including phenoxy) is 3. The molecule has 0 bridgehead atoms. The average Bonchev–Trinajstić information content (AvgIpc) is 4.08. The second kappa shape index (κ2) is 22.2. The minimum Gasteiger partial charge on any atom is -0.453 e. The monoisotopic (exact) mass is 846 g/mol. The minimum atomic E-state index is -0.962. The fourth-order valence-corrected chi connectivity index (χ4v) is 9.19. The van der Waals surface area contributed by atoms with E-state index in [1.165, 1.54) is 19.8 Å². The molecule has 3 aromatic carbocycles. The van der Waals surface area contributed by atoms with Crippen molar-refractivity contribution in [1.29, 1.82) is 0 Å². The van der Waals surface area contributed by atoms with Crippen molar-refractivity contribution in [1.82, 2.24) is 36.8 Å². The number of methoxy groups -OCH3 is 2. The Bertz CT molecular complexity index is 1770. The molecule has 0 aromatic heterocycles. The van der Waals surface area contributed by atoms with Gasteiger partial charge in [0.1, 0.15) is 12.5 Å². The molecule has 14 nitrogen and oxygen atoms in total. The number of amides is 1. The van der Waals surface area contributed by atoms with Gasteiger partial charge < -0.3 is 34.8 Å². The van der Waals surface area contributed by atoms with E-state index in [1.54, 1.807) is 0 Å². The molecule has 0 aliphatic carbocycles. The Morgan fingerprint density at radius 1 is 0.820 bits per heavy atom. The lowest BCUT2D eigenvalue weighted by Gasteiger charge is -2.38. The standard InChI is InChI=1S/C47H71N7O7/c1-28(2)36(24-40(55)59-6)45(56)52-42(30(5)61-27-31-12-9-8-10-13-31)44-49-26-38(51-44)35-21-17-33(18-22-35)32-15-19-34(20-16-32)37-25-48-43(50-37)39-14-11-23-54(39)46(57)41(29(3)4)53-47(58)60-7/h8-10,12-13,15-22,28-30,36-46,48-52,55-57H,11,14,23-27H2,1-7H3,(H,53,58). The van der Waals surface area contributed by atoms with Crippen LogP contribution in [0.2, 0.25) is 0 Å². The lowest BCUT2D eigenvalue weighted by molar-refractivity contribution is -0.109. The van der Waals surface area contributed by atoms with Gasteiger partial charge in [-0.1, -0.05) is 107 Å². The first-order valence-corrected chi connectivity index (χ1v) is 22.1. The molecule has 3 aliphatic heterocycles. The zero-order chi connectivity index (χ0) is 43.6. The van der Waals surface area contributed by atoms with Crippen molar-refractivity contribution in [3.05, 3.63) is 95.6 Å². The van der Waals surface area contributed by atoms with Gasteiger partial charge in [0.2, 0.25) is 0 Å². The van der Waals surface area contributed by atoms with Gasteiger partial charge >= 0.3 is 6.09 Å². The predicted molar refractivity (Wildman–Crippen MR) is 237 cm³/mol. The molecule has 0 saturated carbocycles. The first kappa shape index (κ1) is 47.0. The van der Waals surface area contributed by atoms with Crippen molar-refractivity contribution < 1.29 is 34.3 Å². The summed E-state index contributed by atoms with van der Waals surface area (Å²) in [5.74, 6) is -0.119. The number of hydrogen-bond donors (Lipinski definition) is 9. The normalized spacial score (nSPS) is 25.6. The number of carbonyl (C=O) groups excluding carboxylic acids is 1. The number of aliphatic hydroxyl groups is 3. The Balaban J connectivity index is 1.06. The average molecular weight is 846 g/mol. The van der Waals surface area contributed by atoms with Crippen LogP contribution in [0.4, 0.5) is 4.79 Å². The van der Waals surface area contributed by atoms with E-state index in [2.05, 4.69) is 85.3 Å². The Hall–Kier alpha value is -3.51. The van der Waals surface area contributed by atoms with Crippen LogP contribution in [0.25, 0.3) is 11.1 Å². The number of hydrogen-bond acceptors (Lipinski definition) is 13. The van der Waals surface area contributed by atoms with Gasteiger partial charge in [-0.25, -0.2) is 4.79 Å². The Kier molecular flexibility index (Phi) is 17.1. The number of likely N-dealkylation sites (tertiary alicyclic amines) is 1. The highest BCUT2D eigenvalue weighted by molar-refractivity contribution is 5.67. The number of rotatable bonds is 20. The van der Waals surface area contributed by atoms with Crippen molar-refractivity contribution in [2.24, 2.45) is 17.8 Å². The van der Waals surface area contributed by atoms with Gasteiger partial charge in [0, 0.05) is 57.2 Å². The van der Waals surface area contributed by atoms with E-state index in [0.717, 1.165) is 48.2 Å². The molecule has 6 rings (SSSR count). The Morgan fingerprint density at radius 3 is 2.03 bits per heavy atom. The topological polar surface area (TPSA) is 181 Å². The van der Waals surface area contributed by atoms with Crippen molar-refractivity contribution in [3.63, 3.8) is 0 Å². The third-order valence-corrected chi connectivity index (χ3v) is 13.0. The second-order valence-electron chi connectivity index (χ2n) is 17.7. The van der Waals surface area contributed by atoms with Gasteiger partial charge in [0.05, 0.1) is 44.2 Å². The lowest BCUT2D eigenvalue weighted by atomic mass is 9.89. The molecule has 3 saturated heterocycles. The molecule has 12 atom stereocenters. The van der Waals surface area contributed by atoms with Crippen LogP contribution in [-0.2, 0) is 20.8 Å². The van der Waals surface area contributed by atoms with Crippen molar-refractivity contribution in [2.75, 3.05) is 33.9 Å². The number of benzene rings is 3. The van der Waals surface area contributed by atoms with E-state index in [4.69, 9.17) is 14.2 Å². The molecule has 0 radical (unpaired) electrons. The highest BCUT2D eigenvalue weighted by atomic mass is 16.6. The number of carbonyl (C=O) groups is 1. The molecule has 3 fully saturated rings. The van der Waals surface area contributed by atoms with Crippen molar-refractivity contribution in [3.8, 4) is 11.1 Å². The maximum Gasteiger partial charge on any atom is 0.407 e. The quantitative estimate of drug-likeness (QED) is 0.0742. The molecule has 1 amide bonds. The number of nitrogens with one attached hydrogen (secondary N) is 6. The van der Waals surface area contributed by atoms with Crippen molar-refractivity contribution in [2.45, 2.75) is 128 Å². The van der Waals surface area contributed by atoms with Crippen LogP contribution in [0.1, 0.15) is 82.7 Å². The molecule has 61 heavy (non-hydrogen) atoms. The molecular weight excluding hydrogens is 775 g/mol. The summed E-state index contributed by atoms with van der Waals surface area (Å²) in [5.41, 5.74) is 5.71. The third kappa shape index (κ3) is 12.2. The Morgan fingerprint density at radius 2 is 1.44 bits per heavy atom. The fourth-order valence-electron chi connectivity index (χ4n) is 9.19. The van der Waals surface area contributed by atoms with Crippen LogP contribution >= 0.6 is 0 Å². The molecular formula is C47H71N7O7. The van der Waals surface area contributed by atoms with Gasteiger partial charge in [-0.2, -0.15) is 0 Å². The fraction of sp³-hybridized carbons (Fsp3) is 0.596. The van der Waals surface area contributed by atoms with Gasteiger partial charge in [-0.05, 0) is 59.4 Å². The molecule has 14 heteroatoms. The largest absolute Gasteiger partial charge is 0.453 e. The van der Waals surface area contributed by atoms with Gasteiger partial charge in [0.15, 0.2) is 6.29 Å². The summed E-state index contributed by atoms with van der Waals surface area (Å²) in [6.45, 7) is 12.8. The van der Waals surface area contributed by atoms with Gasteiger partial charge in [-0.15, -0.1) is 0 Å². The SMILES string of the molecule is COC(=O)NC(C(C)C)C(O)N1CCCC1C1NCC(c2ccc(-c3ccc(C4CNC(C(NC(O)C(CC(O)OC)C(C)C)C(C)OCc5ccccc5)N4)cc3)cc2)N1. The van der Waals surface area contributed by atoms with Gasteiger partial charge in [0.25, 0.3) is 0 Å². The highest BCUT2D eigenvalue weighted by Gasteiger charge is 2.42. The molecule has 3 heterocycles. The summed E-state index contributed by atoms with van der Waals surface area (Å²) in [6, 6.07) is 27.0. The summed E-state index contributed by atoms with van der Waals surface area (Å²) in [6.07, 6.45) is -1.46. The lowest BCUT2D eigenvalue weighted by Crippen LogP contribution is -2.60. The summed E-state index contributed by atoms with van der Waals surface area (Å²) in [4.78, 5) is 14.2. The number of aliphatic hydroxyl groups excluding tert-OH is 3. The predicted octanol–water partition coefficient (Wildman–Crippen LogP) is 4.15. The molecule has 3 aliphatic rings. The molecule has 9 N–H and O–H groups in total. The van der Waals surface area contributed by atoms with E-state index in [0.29, 0.717) is 19.6 Å². The number of alkyl carbamates (subject to hydrolysis) is 1. The van der Waals surface area contributed by atoms with Crippen LogP contribution in [0, 0.1) is 17.8 Å². The maximum atomic E-state index is 12.0. The highest BCUT2D eigenvalue weighted by Crippen LogP contribution is 2.31. The van der Waals surface area contributed by atoms with Crippen LogP contribution in [0.3, 0.4) is 0 Å². The van der Waals surface area contributed by atoms with Crippen LogP contribution in [0.15, 0.2) is 78.9 Å². The van der Waals surface area contributed by atoms with E-state index < -0.39 is 30.9 Å². The molecule has 0 spiro atoms.